The molecule has 0 bridgehead atoms. The normalized spacial score (nSPS) is 20.9. The fraction of sp³-hybridized carbons (Fsp3) is 0.267. The predicted octanol–water partition coefficient (Wildman–Crippen LogP) is 3.13. The summed E-state index contributed by atoms with van der Waals surface area (Å²) >= 11 is 6.13. The van der Waals surface area contributed by atoms with E-state index in [1.165, 1.54) is 6.92 Å². The summed E-state index contributed by atoms with van der Waals surface area (Å²) in [4.78, 5) is 11.7. The molecule has 0 aliphatic carbocycles. The Hall–Kier alpha value is -1.94. The quantitative estimate of drug-likeness (QED) is 0.893. The van der Waals surface area contributed by atoms with Crippen LogP contribution in [-0.2, 0) is 10.3 Å². The molecule has 5 heteroatoms. The number of hydrogen-bond acceptors (Lipinski definition) is 3. The lowest BCUT2D eigenvalue weighted by molar-refractivity contribution is -0.120. The molecule has 0 spiro atoms. The van der Waals surface area contributed by atoms with Crippen molar-refractivity contribution in [1.29, 1.82) is 0 Å². The van der Waals surface area contributed by atoms with Gasteiger partial charge in [-0.2, -0.15) is 0 Å². The highest BCUT2D eigenvalue weighted by atomic mass is 35.5. The van der Waals surface area contributed by atoms with Crippen molar-refractivity contribution in [2.75, 3.05) is 11.9 Å². The van der Waals surface area contributed by atoms with Crippen molar-refractivity contribution in [3.8, 4) is 0 Å². The fourth-order valence-corrected chi connectivity index (χ4v) is 2.98. The number of furan rings is 1. The van der Waals surface area contributed by atoms with E-state index in [1.807, 2.05) is 30.3 Å². The van der Waals surface area contributed by atoms with Gasteiger partial charge < -0.3 is 15.1 Å². The highest BCUT2D eigenvalue weighted by molar-refractivity contribution is 6.30. The molecule has 20 heavy (non-hydrogen) atoms. The number of fused-ring (bicyclic) bond motifs is 1. The molecule has 0 saturated heterocycles. The number of carbonyl (C=O) groups is 1. The Morgan fingerprint density at radius 3 is 3.00 bits per heavy atom. The van der Waals surface area contributed by atoms with Gasteiger partial charge in [-0.1, -0.05) is 11.6 Å². The van der Waals surface area contributed by atoms with Gasteiger partial charge in [0.1, 0.15) is 11.3 Å². The Morgan fingerprint density at radius 2 is 2.30 bits per heavy atom. The van der Waals surface area contributed by atoms with E-state index in [2.05, 4.69) is 10.6 Å². The average molecular weight is 291 g/mol. The van der Waals surface area contributed by atoms with Crippen molar-refractivity contribution >= 4 is 23.2 Å². The van der Waals surface area contributed by atoms with E-state index in [4.69, 9.17) is 16.0 Å². The second-order valence-corrected chi connectivity index (χ2v) is 5.37. The van der Waals surface area contributed by atoms with E-state index in [0.29, 0.717) is 11.4 Å². The Bertz CT molecular complexity index is 639. The zero-order valence-electron chi connectivity index (χ0n) is 11.1. The van der Waals surface area contributed by atoms with Gasteiger partial charge in [-0.15, -0.1) is 0 Å². The number of benzene rings is 1. The standard InChI is InChI=1S/C15H15ClN2O2/c1-10(19)18-15(14-3-2-8-20-14)6-7-17-13-5-4-11(16)9-12(13)15/h2-5,8-9,17H,6-7H2,1H3,(H,18,19). The van der Waals surface area contributed by atoms with Crippen molar-refractivity contribution in [2.24, 2.45) is 0 Å². The molecule has 1 amide bonds. The third kappa shape index (κ3) is 2.06. The molecule has 1 aliphatic rings. The molecule has 1 atom stereocenters. The van der Waals surface area contributed by atoms with E-state index in [-0.39, 0.29) is 5.91 Å². The molecule has 0 radical (unpaired) electrons. The van der Waals surface area contributed by atoms with Gasteiger partial charge in [-0.05, 0) is 36.8 Å². The lowest BCUT2D eigenvalue weighted by atomic mass is 9.80. The molecular formula is C15H15ClN2O2. The van der Waals surface area contributed by atoms with E-state index >= 15 is 0 Å². The Labute approximate surface area is 122 Å². The lowest BCUT2D eigenvalue weighted by Crippen LogP contribution is -2.49. The van der Waals surface area contributed by atoms with Gasteiger partial charge in [0.05, 0.1) is 6.26 Å². The first-order valence-corrected chi connectivity index (χ1v) is 6.86. The Kier molecular flexibility index (Phi) is 3.18. The van der Waals surface area contributed by atoms with E-state index in [9.17, 15) is 4.79 Å². The van der Waals surface area contributed by atoms with Gasteiger partial charge in [0.25, 0.3) is 0 Å². The Balaban J connectivity index is 2.21. The molecule has 4 nitrogen and oxygen atoms in total. The van der Waals surface area contributed by atoms with Crippen LogP contribution in [0.4, 0.5) is 5.69 Å². The highest BCUT2D eigenvalue weighted by Crippen LogP contribution is 2.41. The van der Waals surface area contributed by atoms with E-state index in [0.717, 1.165) is 23.6 Å². The number of nitrogens with one attached hydrogen (secondary N) is 2. The Morgan fingerprint density at radius 1 is 1.45 bits per heavy atom. The first kappa shape index (κ1) is 13.1. The summed E-state index contributed by atoms with van der Waals surface area (Å²) in [5.41, 5.74) is 1.23. The third-order valence-corrected chi connectivity index (χ3v) is 3.82. The molecule has 1 aromatic heterocycles. The van der Waals surface area contributed by atoms with Crippen molar-refractivity contribution in [1.82, 2.24) is 5.32 Å². The minimum atomic E-state index is -0.666. The van der Waals surface area contributed by atoms with Gasteiger partial charge in [-0.3, -0.25) is 4.79 Å². The largest absolute Gasteiger partial charge is 0.466 e. The van der Waals surface area contributed by atoms with Crippen molar-refractivity contribution in [3.63, 3.8) is 0 Å². The second-order valence-electron chi connectivity index (χ2n) is 4.93. The molecule has 2 heterocycles. The van der Waals surface area contributed by atoms with Crippen LogP contribution >= 0.6 is 11.6 Å². The summed E-state index contributed by atoms with van der Waals surface area (Å²) in [7, 11) is 0. The first-order valence-electron chi connectivity index (χ1n) is 6.48. The number of hydrogen-bond donors (Lipinski definition) is 2. The van der Waals surface area contributed by atoms with Crippen LogP contribution < -0.4 is 10.6 Å². The molecule has 3 rings (SSSR count). The van der Waals surface area contributed by atoms with Gasteiger partial charge in [-0.25, -0.2) is 0 Å². The second kappa shape index (κ2) is 4.87. The summed E-state index contributed by atoms with van der Waals surface area (Å²) in [5, 5.41) is 7.01. The third-order valence-electron chi connectivity index (χ3n) is 3.59. The predicted molar refractivity (Wildman–Crippen MR) is 77.9 cm³/mol. The van der Waals surface area contributed by atoms with Crippen molar-refractivity contribution in [3.05, 3.63) is 52.9 Å². The molecule has 1 aliphatic heterocycles. The molecule has 1 unspecified atom stereocenters. The van der Waals surface area contributed by atoms with Crippen LogP contribution in [0, 0.1) is 0 Å². The minimum Gasteiger partial charge on any atom is -0.466 e. The number of rotatable bonds is 2. The monoisotopic (exact) mass is 290 g/mol. The topological polar surface area (TPSA) is 54.3 Å². The van der Waals surface area contributed by atoms with E-state index in [1.54, 1.807) is 6.26 Å². The lowest BCUT2D eigenvalue weighted by Gasteiger charge is -2.38. The number of carbonyl (C=O) groups excluding carboxylic acids is 1. The summed E-state index contributed by atoms with van der Waals surface area (Å²) in [6.07, 6.45) is 2.32. The van der Waals surface area contributed by atoms with Gasteiger partial charge in [0.2, 0.25) is 5.91 Å². The molecule has 104 valence electrons. The van der Waals surface area contributed by atoms with Crippen LogP contribution in [0.3, 0.4) is 0 Å². The zero-order chi connectivity index (χ0) is 14.2. The van der Waals surface area contributed by atoms with E-state index < -0.39 is 5.54 Å². The summed E-state index contributed by atoms with van der Waals surface area (Å²) in [6, 6.07) is 9.34. The minimum absolute atomic E-state index is 0.103. The molecule has 0 saturated carbocycles. The molecule has 0 fully saturated rings. The number of amides is 1. The summed E-state index contributed by atoms with van der Waals surface area (Å²) in [6.45, 7) is 2.26. The average Bonchev–Trinajstić information content (AvgIpc) is 2.93. The maximum absolute atomic E-state index is 11.7. The van der Waals surface area contributed by atoms with Gasteiger partial charge in [0.15, 0.2) is 0 Å². The molecule has 2 N–H and O–H groups in total. The fourth-order valence-electron chi connectivity index (χ4n) is 2.81. The summed E-state index contributed by atoms with van der Waals surface area (Å²) < 4.78 is 5.59. The zero-order valence-corrected chi connectivity index (χ0v) is 11.8. The van der Waals surface area contributed by atoms with Crippen LogP contribution in [0.25, 0.3) is 0 Å². The van der Waals surface area contributed by atoms with Crippen molar-refractivity contribution < 1.29 is 9.21 Å². The van der Waals surface area contributed by atoms with Crippen LogP contribution in [-0.4, -0.2) is 12.5 Å². The summed E-state index contributed by atoms with van der Waals surface area (Å²) in [5.74, 6) is 0.618. The number of halogens is 1. The smallest absolute Gasteiger partial charge is 0.217 e. The molecular weight excluding hydrogens is 276 g/mol. The maximum Gasteiger partial charge on any atom is 0.217 e. The van der Waals surface area contributed by atoms with Crippen LogP contribution in [0.1, 0.15) is 24.7 Å². The molecule has 2 aromatic rings. The number of anilines is 1. The molecule has 1 aromatic carbocycles. The van der Waals surface area contributed by atoms with Crippen LogP contribution in [0.5, 0.6) is 0 Å². The first-order chi connectivity index (χ1) is 9.62. The van der Waals surface area contributed by atoms with Crippen molar-refractivity contribution in [2.45, 2.75) is 18.9 Å². The SMILES string of the molecule is CC(=O)NC1(c2ccco2)CCNc2ccc(Cl)cc21. The maximum atomic E-state index is 11.7. The highest BCUT2D eigenvalue weighted by Gasteiger charge is 2.41. The van der Waals surface area contributed by atoms with Crippen LogP contribution in [0.15, 0.2) is 41.0 Å². The van der Waals surface area contributed by atoms with Gasteiger partial charge in [0, 0.05) is 29.7 Å². The van der Waals surface area contributed by atoms with Crippen LogP contribution in [0.2, 0.25) is 5.02 Å². The van der Waals surface area contributed by atoms with Gasteiger partial charge >= 0.3 is 0 Å².